The monoisotopic (exact) mass is 426 g/mol. The van der Waals surface area contributed by atoms with E-state index in [4.69, 9.17) is 4.79 Å². The largest absolute Gasteiger partial charge is 0.511 e. The molecule has 0 aromatic carbocycles. The maximum Gasteiger partial charge on any atom is 0.511 e. The number of halogens is 4. The van der Waals surface area contributed by atoms with E-state index in [0.717, 1.165) is 19.3 Å². The molecule has 1 aliphatic heterocycles. The average molecular weight is 426 g/mol. The highest BCUT2D eigenvalue weighted by Gasteiger charge is 2.51. The summed E-state index contributed by atoms with van der Waals surface area (Å²) < 4.78 is 77.7. The second kappa shape index (κ2) is 9.39. The van der Waals surface area contributed by atoms with Crippen LogP contribution in [0.2, 0.25) is 0 Å². The van der Waals surface area contributed by atoms with Crippen LogP contribution < -0.4 is 5.32 Å². The van der Waals surface area contributed by atoms with Gasteiger partial charge in [0.1, 0.15) is 12.6 Å². The van der Waals surface area contributed by atoms with Crippen LogP contribution in [0.3, 0.4) is 0 Å². The van der Waals surface area contributed by atoms with E-state index in [-0.39, 0.29) is 18.5 Å². The number of sulfonamides is 1. The fraction of sp³-hybridized carbons (Fsp3) is 0.722. The summed E-state index contributed by atoms with van der Waals surface area (Å²) in [5, 5.41) is 3.12. The van der Waals surface area contributed by atoms with Gasteiger partial charge in [0.05, 0.1) is 0 Å². The predicted molar refractivity (Wildman–Crippen MR) is 97.2 cm³/mol. The standard InChI is InChI=1S/C17H24F4N2O2S.CH2O/c18-15-6-3-7-16-14(15)11-23(26(24,25)17(19,20)21)10-13(22-16)9-8-12-4-1-2-5-12;1-2/h7,12-13,22H,1-6,8-11H2;1H2/t13-;/m0./s1. The minimum absolute atomic E-state index is 0.0347. The van der Waals surface area contributed by atoms with Gasteiger partial charge in [-0.1, -0.05) is 31.8 Å². The minimum Gasteiger partial charge on any atom is -0.381 e. The summed E-state index contributed by atoms with van der Waals surface area (Å²) in [7, 11) is -5.50. The molecule has 160 valence electrons. The lowest BCUT2D eigenvalue weighted by Gasteiger charge is -2.25. The number of nitrogens with one attached hydrogen (secondary N) is 1. The summed E-state index contributed by atoms with van der Waals surface area (Å²) in [4.78, 5) is 8.00. The summed E-state index contributed by atoms with van der Waals surface area (Å²) in [6.07, 6.45) is 8.27. The molecule has 2 fully saturated rings. The number of carbonyl (C=O) groups excluding carboxylic acids is 1. The Morgan fingerprint density at radius 2 is 1.82 bits per heavy atom. The number of rotatable bonds is 4. The normalized spacial score (nSPS) is 24.6. The molecule has 0 aromatic rings. The lowest BCUT2D eigenvalue weighted by molar-refractivity contribution is -0.0980. The van der Waals surface area contributed by atoms with Crippen LogP contribution >= 0.6 is 0 Å². The van der Waals surface area contributed by atoms with Gasteiger partial charge >= 0.3 is 15.5 Å². The molecule has 3 aliphatic rings. The van der Waals surface area contributed by atoms with Crippen LogP contribution in [0.5, 0.6) is 0 Å². The van der Waals surface area contributed by atoms with E-state index in [1.807, 2.05) is 6.79 Å². The van der Waals surface area contributed by atoms with Crippen molar-refractivity contribution in [1.29, 1.82) is 0 Å². The van der Waals surface area contributed by atoms with Crippen molar-refractivity contribution in [2.75, 3.05) is 13.1 Å². The average Bonchev–Trinajstić information content (AvgIpc) is 3.07. The summed E-state index contributed by atoms with van der Waals surface area (Å²) in [5.74, 6) is 0.00799. The Labute approximate surface area is 162 Å². The fourth-order valence-corrected chi connectivity index (χ4v) is 5.03. The quantitative estimate of drug-likeness (QED) is 0.695. The van der Waals surface area contributed by atoms with Crippen molar-refractivity contribution in [1.82, 2.24) is 9.62 Å². The van der Waals surface area contributed by atoms with Crippen LogP contribution in [0.4, 0.5) is 17.6 Å². The second-order valence-corrected chi connectivity index (χ2v) is 9.28. The van der Waals surface area contributed by atoms with Gasteiger partial charge in [-0.25, -0.2) is 12.8 Å². The minimum atomic E-state index is -5.50. The number of hydrogen-bond donors (Lipinski definition) is 1. The molecule has 1 N–H and O–H groups in total. The summed E-state index contributed by atoms with van der Waals surface area (Å²) in [6, 6.07) is -0.456. The molecule has 1 saturated heterocycles. The van der Waals surface area contributed by atoms with Crippen molar-refractivity contribution >= 4 is 16.8 Å². The highest BCUT2D eigenvalue weighted by molar-refractivity contribution is 7.90. The first-order chi connectivity index (χ1) is 13.2. The third kappa shape index (κ3) is 5.14. The lowest BCUT2D eigenvalue weighted by Crippen LogP contribution is -2.45. The molecule has 2 aliphatic carbocycles. The number of allylic oxidation sites excluding steroid dienone is 2. The van der Waals surface area contributed by atoms with Gasteiger partial charge in [0.25, 0.3) is 0 Å². The number of fused-ring (bicyclic) bond motifs is 1. The molecule has 0 bridgehead atoms. The van der Waals surface area contributed by atoms with Gasteiger partial charge in [0, 0.05) is 36.8 Å². The molecule has 28 heavy (non-hydrogen) atoms. The topological polar surface area (TPSA) is 66.5 Å². The first-order valence-corrected chi connectivity index (χ1v) is 10.8. The van der Waals surface area contributed by atoms with Crippen molar-refractivity contribution in [2.24, 2.45) is 5.92 Å². The highest BCUT2D eigenvalue weighted by Crippen LogP contribution is 2.35. The molecule has 0 spiro atoms. The third-order valence-electron chi connectivity index (χ3n) is 5.51. The van der Waals surface area contributed by atoms with Crippen molar-refractivity contribution in [2.45, 2.75) is 62.9 Å². The van der Waals surface area contributed by atoms with Crippen LogP contribution in [-0.2, 0) is 14.8 Å². The van der Waals surface area contributed by atoms with E-state index in [1.54, 1.807) is 6.08 Å². The van der Waals surface area contributed by atoms with E-state index in [0.29, 0.717) is 28.8 Å². The Hall–Kier alpha value is -1.42. The van der Waals surface area contributed by atoms with Crippen LogP contribution in [0.25, 0.3) is 0 Å². The van der Waals surface area contributed by atoms with E-state index in [2.05, 4.69) is 5.32 Å². The lowest BCUT2D eigenvalue weighted by atomic mass is 9.98. The third-order valence-corrected chi connectivity index (χ3v) is 7.06. The van der Waals surface area contributed by atoms with E-state index in [9.17, 15) is 26.0 Å². The molecular formula is C18H26F4N2O3S. The molecule has 0 unspecified atom stereocenters. The van der Waals surface area contributed by atoms with E-state index in [1.165, 1.54) is 12.8 Å². The number of carbonyl (C=O) groups is 1. The van der Waals surface area contributed by atoms with Crippen LogP contribution in [0.1, 0.15) is 51.4 Å². The Morgan fingerprint density at radius 3 is 2.43 bits per heavy atom. The molecular weight excluding hydrogens is 400 g/mol. The van der Waals surface area contributed by atoms with Gasteiger partial charge in [0.2, 0.25) is 0 Å². The predicted octanol–water partition coefficient (Wildman–Crippen LogP) is 3.80. The maximum absolute atomic E-state index is 14.2. The number of nitrogens with zero attached hydrogens (tertiary/aromatic N) is 1. The summed E-state index contributed by atoms with van der Waals surface area (Å²) in [6.45, 7) is 1.12. The number of alkyl halides is 3. The van der Waals surface area contributed by atoms with E-state index >= 15 is 0 Å². The zero-order chi connectivity index (χ0) is 20.9. The molecule has 0 aromatic heterocycles. The van der Waals surface area contributed by atoms with Gasteiger partial charge in [0.15, 0.2) is 0 Å². The molecule has 1 atom stereocenters. The Balaban J connectivity index is 0.00000136. The SMILES string of the molecule is C=O.O=S(=O)(N1CC2=C(F)CCC=C2N[C@@H](CCC2CCCC2)C1)C(F)(F)F. The van der Waals surface area contributed by atoms with Crippen molar-refractivity contribution in [3.63, 3.8) is 0 Å². The molecule has 0 radical (unpaired) electrons. The summed E-state index contributed by atoms with van der Waals surface area (Å²) >= 11 is 0. The first-order valence-electron chi connectivity index (χ1n) is 9.38. The van der Waals surface area contributed by atoms with Crippen molar-refractivity contribution < 1.29 is 30.8 Å². The second-order valence-electron chi connectivity index (χ2n) is 7.35. The van der Waals surface area contributed by atoms with Gasteiger partial charge < -0.3 is 10.1 Å². The molecule has 10 heteroatoms. The first kappa shape index (κ1) is 22.9. The Bertz CT molecular complexity index is 713. The highest BCUT2D eigenvalue weighted by atomic mass is 32.2. The summed E-state index contributed by atoms with van der Waals surface area (Å²) in [5.41, 5.74) is -4.90. The van der Waals surface area contributed by atoms with Crippen LogP contribution in [0.15, 0.2) is 23.2 Å². The zero-order valence-electron chi connectivity index (χ0n) is 15.6. The molecule has 1 heterocycles. The van der Waals surface area contributed by atoms with Crippen LogP contribution in [-0.4, -0.2) is 44.2 Å². The molecule has 5 nitrogen and oxygen atoms in total. The van der Waals surface area contributed by atoms with Crippen molar-refractivity contribution in [3.05, 3.63) is 23.2 Å². The molecule has 1 saturated carbocycles. The van der Waals surface area contributed by atoms with Gasteiger partial charge in [-0.2, -0.15) is 17.5 Å². The Kier molecular flexibility index (Phi) is 7.66. The number of hydrogen-bond acceptors (Lipinski definition) is 4. The molecule has 0 amide bonds. The van der Waals surface area contributed by atoms with Crippen molar-refractivity contribution in [3.8, 4) is 0 Å². The Morgan fingerprint density at radius 1 is 1.18 bits per heavy atom. The maximum atomic E-state index is 14.2. The zero-order valence-corrected chi connectivity index (χ0v) is 16.4. The molecule has 3 rings (SSSR count). The van der Waals surface area contributed by atoms with Crippen LogP contribution in [0, 0.1) is 5.92 Å². The fourth-order valence-electron chi connectivity index (χ4n) is 4.06. The van der Waals surface area contributed by atoms with Gasteiger partial charge in [-0.3, -0.25) is 0 Å². The van der Waals surface area contributed by atoms with E-state index < -0.39 is 33.9 Å². The van der Waals surface area contributed by atoms with Gasteiger partial charge in [-0.15, -0.1) is 0 Å². The smallest absolute Gasteiger partial charge is 0.381 e. The van der Waals surface area contributed by atoms with Gasteiger partial charge in [-0.05, 0) is 25.2 Å².